The lowest BCUT2D eigenvalue weighted by Gasteiger charge is -2.39. The highest BCUT2D eigenvalue weighted by atomic mass is 19.2. The molecule has 0 radical (unpaired) electrons. The monoisotopic (exact) mass is 363 g/mol. The molecule has 1 aromatic heterocycles. The van der Waals surface area contributed by atoms with Crippen LogP contribution < -0.4 is 4.90 Å². The number of anilines is 1. The van der Waals surface area contributed by atoms with Gasteiger partial charge in [0.2, 0.25) is 0 Å². The summed E-state index contributed by atoms with van der Waals surface area (Å²) in [5.74, 6) is -2.63. The largest absolute Gasteiger partial charge is 0.480 e. The normalized spacial score (nSPS) is 15.8. The highest BCUT2D eigenvalue weighted by Gasteiger charge is 2.26. The molecule has 1 aromatic carbocycles. The quantitative estimate of drug-likeness (QED) is 0.884. The van der Waals surface area contributed by atoms with Gasteiger partial charge in [-0.15, -0.1) is 0 Å². The second-order valence-corrected chi connectivity index (χ2v) is 6.72. The number of likely N-dealkylation sites (N-methyl/N-ethyl adjacent to an activating group) is 1. The van der Waals surface area contributed by atoms with Crippen LogP contribution >= 0.6 is 0 Å². The molecule has 1 N–H and O–H groups in total. The summed E-state index contributed by atoms with van der Waals surface area (Å²) in [6.45, 7) is 5.94. The van der Waals surface area contributed by atoms with Gasteiger partial charge in [0.25, 0.3) is 0 Å². The summed E-state index contributed by atoms with van der Waals surface area (Å²) in [6, 6.07) is 4.83. The van der Waals surface area contributed by atoms with Crippen molar-refractivity contribution in [3.05, 3.63) is 35.5 Å². The number of carboxylic acid groups (broad SMARTS) is 1. The Morgan fingerprint density at radius 3 is 2.65 bits per heavy atom. The van der Waals surface area contributed by atoms with Crippen LogP contribution in [0.15, 0.2) is 18.2 Å². The van der Waals surface area contributed by atoms with Crippen LogP contribution in [-0.4, -0.2) is 53.2 Å². The molecule has 0 spiro atoms. The number of benzene rings is 1. The minimum Gasteiger partial charge on any atom is -0.480 e. The van der Waals surface area contributed by atoms with E-state index in [1.54, 1.807) is 13.0 Å². The number of carbonyl (C=O) groups is 1. The predicted octanol–water partition coefficient (Wildman–Crippen LogP) is 3.20. The molecular formula is C19H23F2N3O2. The fraction of sp³-hybridized carbons (Fsp3) is 0.474. The van der Waals surface area contributed by atoms with E-state index in [2.05, 4.69) is 9.88 Å². The van der Waals surface area contributed by atoms with Gasteiger partial charge in [-0.25, -0.2) is 13.8 Å². The number of aromatic nitrogens is 1. The van der Waals surface area contributed by atoms with E-state index in [1.807, 2.05) is 17.9 Å². The van der Waals surface area contributed by atoms with E-state index in [-0.39, 0.29) is 18.1 Å². The Hall–Kier alpha value is -2.28. The van der Waals surface area contributed by atoms with Crippen molar-refractivity contribution in [3.8, 4) is 0 Å². The molecule has 0 atom stereocenters. The zero-order chi connectivity index (χ0) is 18.8. The Kier molecular flexibility index (Phi) is 5.36. The first kappa shape index (κ1) is 18.5. The third-order valence-corrected chi connectivity index (χ3v) is 5.04. The van der Waals surface area contributed by atoms with Crippen LogP contribution in [0.1, 0.15) is 25.5 Å². The number of rotatable bonds is 5. The highest BCUT2D eigenvalue weighted by molar-refractivity contribution is 5.92. The average molecular weight is 363 g/mol. The second kappa shape index (κ2) is 7.53. The van der Waals surface area contributed by atoms with Crippen molar-refractivity contribution in [2.24, 2.45) is 0 Å². The van der Waals surface area contributed by atoms with E-state index in [0.29, 0.717) is 17.6 Å². The standard InChI is InChI=1S/C19H23F2N3O2/c1-3-23(11-17(25)26)13-6-8-24(9-7-13)16-10-12(2)22-19-14(16)4-5-15(20)18(19)21/h4-5,10,13H,3,6-9,11H2,1-2H3,(H,25,26). The summed E-state index contributed by atoms with van der Waals surface area (Å²) in [4.78, 5) is 19.3. The molecule has 2 aromatic rings. The lowest BCUT2D eigenvalue weighted by atomic mass is 10.0. The number of hydrogen-bond acceptors (Lipinski definition) is 4. The average Bonchev–Trinajstić information content (AvgIpc) is 2.62. The SMILES string of the molecule is CCN(CC(=O)O)C1CCN(c2cc(C)nc3c(F)c(F)ccc23)CC1. The van der Waals surface area contributed by atoms with Gasteiger partial charge < -0.3 is 10.0 Å². The molecular weight excluding hydrogens is 340 g/mol. The smallest absolute Gasteiger partial charge is 0.317 e. The molecule has 7 heteroatoms. The minimum absolute atomic E-state index is 0.0446. The zero-order valence-electron chi connectivity index (χ0n) is 15.0. The number of aryl methyl sites for hydroxylation is 1. The molecule has 1 aliphatic heterocycles. The highest BCUT2D eigenvalue weighted by Crippen LogP contribution is 2.31. The summed E-state index contributed by atoms with van der Waals surface area (Å²) >= 11 is 0. The van der Waals surface area contributed by atoms with E-state index < -0.39 is 17.6 Å². The van der Waals surface area contributed by atoms with Crippen molar-refractivity contribution in [2.75, 3.05) is 31.1 Å². The number of pyridine rings is 1. The number of fused-ring (bicyclic) bond motifs is 1. The Morgan fingerprint density at radius 1 is 1.35 bits per heavy atom. The van der Waals surface area contributed by atoms with Crippen molar-refractivity contribution >= 4 is 22.6 Å². The van der Waals surface area contributed by atoms with Crippen molar-refractivity contribution in [3.63, 3.8) is 0 Å². The molecule has 0 saturated carbocycles. The molecule has 1 aliphatic rings. The maximum atomic E-state index is 14.1. The first-order valence-electron chi connectivity index (χ1n) is 8.86. The van der Waals surface area contributed by atoms with Crippen LogP contribution in [0.25, 0.3) is 10.9 Å². The van der Waals surface area contributed by atoms with Crippen LogP contribution in [0.3, 0.4) is 0 Å². The Balaban J connectivity index is 1.84. The summed E-state index contributed by atoms with van der Waals surface area (Å²) in [7, 11) is 0. The van der Waals surface area contributed by atoms with Crippen LogP contribution in [0, 0.1) is 18.6 Å². The molecule has 0 amide bonds. The topological polar surface area (TPSA) is 56.7 Å². The number of aliphatic carboxylic acids is 1. The van der Waals surface area contributed by atoms with Crippen LogP contribution in [0.4, 0.5) is 14.5 Å². The maximum absolute atomic E-state index is 14.1. The van der Waals surface area contributed by atoms with E-state index >= 15 is 0 Å². The van der Waals surface area contributed by atoms with Gasteiger partial charge in [0.15, 0.2) is 11.6 Å². The van der Waals surface area contributed by atoms with Crippen molar-refractivity contribution in [1.29, 1.82) is 0 Å². The van der Waals surface area contributed by atoms with Gasteiger partial charge in [0, 0.05) is 35.9 Å². The molecule has 26 heavy (non-hydrogen) atoms. The first-order valence-corrected chi connectivity index (χ1v) is 8.86. The molecule has 0 unspecified atom stereocenters. The van der Waals surface area contributed by atoms with Crippen LogP contribution in [0.2, 0.25) is 0 Å². The molecule has 2 heterocycles. The van der Waals surface area contributed by atoms with Gasteiger partial charge in [0.1, 0.15) is 5.52 Å². The van der Waals surface area contributed by atoms with E-state index in [9.17, 15) is 13.6 Å². The molecule has 1 fully saturated rings. The first-order chi connectivity index (χ1) is 12.4. The molecule has 0 bridgehead atoms. The molecule has 5 nitrogen and oxygen atoms in total. The van der Waals surface area contributed by atoms with Gasteiger partial charge in [-0.2, -0.15) is 0 Å². The fourth-order valence-corrected chi connectivity index (χ4v) is 3.75. The number of hydrogen-bond donors (Lipinski definition) is 1. The summed E-state index contributed by atoms with van der Waals surface area (Å²) < 4.78 is 27.7. The lowest BCUT2D eigenvalue weighted by molar-refractivity contribution is -0.139. The van der Waals surface area contributed by atoms with E-state index in [0.717, 1.165) is 37.7 Å². The van der Waals surface area contributed by atoms with Crippen LogP contribution in [-0.2, 0) is 4.79 Å². The number of piperidine rings is 1. The Morgan fingerprint density at radius 2 is 2.04 bits per heavy atom. The third kappa shape index (κ3) is 3.62. The van der Waals surface area contributed by atoms with Crippen molar-refractivity contribution in [1.82, 2.24) is 9.88 Å². The lowest BCUT2D eigenvalue weighted by Crippen LogP contribution is -2.46. The maximum Gasteiger partial charge on any atom is 0.317 e. The zero-order valence-corrected chi connectivity index (χ0v) is 15.0. The fourth-order valence-electron chi connectivity index (χ4n) is 3.75. The number of carboxylic acids is 1. The molecule has 0 aliphatic carbocycles. The Bertz CT molecular complexity index is 820. The van der Waals surface area contributed by atoms with E-state index in [1.165, 1.54) is 0 Å². The van der Waals surface area contributed by atoms with E-state index in [4.69, 9.17) is 5.11 Å². The second-order valence-electron chi connectivity index (χ2n) is 6.72. The van der Waals surface area contributed by atoms with Gasteiger partial charge >= 0.3 is 5.97 Å². The van der Waals surface area contributed by atoms with Gasteiger partial charge in [-0.05, 0) is 44.5 Å². The van der Waals surface area contributed by atoms with Crippen molar-refractivity contribution in [2.45, 2.75) is 32.7 Å². The molecule has 1 saturated heterocycles. The van der Waals surface area contributed by atoms with Gasteiger partial charge in [0.05, 0.1) is 6.54 Å². The summed E-state index contributed by atoms with van der Waals surface area (Å²) in [5, 5.41) is 9.65. The number of halogens is 2. The predicted molar refractivity (Wildman–Crippen MR) is 96.5 cm³/mol. The van der Waals surface area contributed by atoms with Crippen LogP contribution in [0.5, 0.6) is 0 Å². The van der Waals surface area contributed by atoms with Gasteiger partial charge in [-0.3, -0.25) is 9.69 Å². The Labute approximate surface area is 151 Å². The van der Waals surface area contributed by atoms with Gasteiger partial charge in [-0.1, -0.05) is 6.92 Å². The number of nitrogens with zero attached hydrogens (tertiary/aromatic N) is 3. The summed E-state index contributed by atoms with van der Waals surface area (Å²) in [6.07, 6.45) is 1.65. The van der Waals surface area contributed by atoms with Crippen molar-refractivity contribution < 1.29 is 18.7 Å². The third-order valence-electron chi connectivity index (χ3n) is 5.04. The minimum atomic E-state index is -0.916. The molecule has 140 valence electrons. The summed E-state index contributed by atoms with van der Waals surface area (Å²) in [5.41, 5.74) is 1.55. The molecule has 3 rings (SSSR count).